The highest BCUT2D eigenvalue weighted by atomic mass is 15.2. The average molecular weight is 271 g/mol. The normalized spacial score (nSPS) is 13.1. The summed E-state index contributed by atoms with van der Waals surface area (Å²) in [7, 11) is 0. The zero-order valence-electron chi connectivity index (χ0n) is 12.7. The minimum absolute atomic E-state index is 0.128. The third kappa shape index (κ3) is 3.17. The molecule has 2 aromatic rings. The quantitative estimate of drug-likeness (QED) is 0.619. The fourth-order valence-electron chi connectivity index (χ4n) is 2.78. The van der Waals surface area contributed by atoms with Crippen LogP contribution in [-0.4, -0.2) is 4.98 Å². The molecule has 3 nitrogen and oxygen atoms in total. The Morgan fingerprint density at radius 1 is 1.20 bits per heavy atom. The summed E-state index contributed by atoms with van der Waals surface area (Å²) in [5.74, 6) is 6.45. The van der Waals surface area contributed by atoms with Gasteiger partial charge < -0.3 is 0 Å². The molecule has 1 aromatic carbocycles. The number of hydrogen-bond acceptors (Lipinski definition) is 3. The predicted molar refractivity (Wildman–Crippen MR) is 85.2 cm³/mol. The summed E-state index contributed by atoms with van der Waals surface area (Å²) < 4.78 is 0. The minimum Gasteiger partial charge on any atom is -0.271 e. The Kier molecular flexibility index (Phi) is 5.10. The molecule has 0 aliphatic heterocycles. The number of fused-ring (bicyclic) bond motifs is 1. The molecule has 20 heavy (non-hydrogen) atoms. The molecular formula is C17H25N3. The van der Waals surface area contributed by atoms with E-state index < -0.39 is 0 Å². The zero-order valence-corrected chi connectivity index (χ0v) is 12.7. The summed E-state index contributed by atoms with van der Waals surface area (Å²) in [6, 6.07) is 10.6. The second-order valence-electron chi connectivity index (χ2n) is 5.52. The maximum atomic E-state index is 5.77. The number of aryl methyl sites for hydroxylation is 1. The molecule has 0 amide bonds. The van der Waals surface area contributed by atoms with Crippen LogP contribution in [-0.2, 0) is 0 Å². The van der Waals surface area contributed by atoms with Crippen molar-refractivity contribution >= 4 is 10.9 Å². The van der Waals surface area contributed by atoms with Crippen LogP contribution in [0.3, 0.4) is 0 Å². The highest BCUT2D eigenvalue weighted by molar-refractivity contribution is 5.82. The van der Waals surface area contributed by atoms with Crippen LogP contribution in [0.4, 0.5) is 0 Å². The van der Waals surface area contributed by atoms with E-state index in [2.05, 4.69) is 50.5 Å². The maximum absolute atomic E-state index is 5.77. The molecule has 1 atom stereocenters. The number of nitrogens with two attached hydrogens (primary N) is 1. The number of aromatic nitrogens is 1. The molecule has 2 rings (SSSR count). The summed E-state index contributed by atoms with van der Waals surface area (Å²) in [6.07, 6.45) is 3.40. The van der Waals surface area contributed by atoms with Crippen molar-refractivity contribution in [1.29, 1.82) is 0 Å². The minimum atomic E-state index is 0.128. The lowest BCUT2D eigenvalue weighted by Crippen LogP contribution is -2.30. The fourth-order valence-corrected chi connectivity index (χ4v) is 2.78. The van der Waals surface area contributed by atoms with Crippen molar-refractivity contribution in [3.05, 3.63) is 41.6 Å². The smallest absolute Gasteiger partial charge is 0.0708 e. The summed E-state index contributed by atoms with van der Waals surface area (Å²) in [5.41, 5.74) is 6.31. The Bertz CT molecular complexity index is 561. The van der Waals surface area contributed by atoms with Gasteiger partial charge in [0.15, 0.2) is 0 Å². The molecule has 1 aromatic heterocycles. The van der Waals surface area contributed by atoms with Gasteiger partial charge in [0, 0.05) is 5.39 Å². The van der Waals surface area contributed by atoms with Crippen LogP contribution >= 0.6 is 0 Å². The van der Waals surface area contributed by atoms with E-state index in [1.54, 1.807) is 0 Å². The van der Waals surface area contributed by atoms with Crippen LogP contribution in [0.5, 0.6) is 0 Å². The molecule has 3 N–H and O–H groups in total. The highest BCUT2D eigenvalue weighted by Gasteiger charge is 2.17. The molecule has 0 saturated heterocycles. The Morgan fingerprint density at radius 3 is 2.55 bits per heavy atom. The van der Waals surface area contributed by atoms with Gasteiger partial charge in [-0.3, -0.25) is 16.3 Å². The van der Waals surface area contributed by atoms with Crippen LogP contribution in [0.15, 0.2) is 30.3 Å². The molecule has 0 saturated carbocycles. The Balaban J connectivity index is 2.34. The molecule has 0 fully saturated rings. The molecule has 0 aliphatic rings. The molecule has 108 valence electrons. The first-order valence-electron chi connectivity index (χ1n) is 7.52. The lowest BCUT2D eigenvalue weighted by molar-refractivity contribution is 0.370. The van der Waals surface area contributed by atoms with E-state index in [9.17, 15) is 0 Å². The van der Waals surface area contributed by atoms with Crippen LogP contribution in [0, 0.1) is 12.8 Å². The topological polar surface area (TPSA) is 50.9 Å². The number of nitrogens with one attached hydrogen (secondary N) is 1. The second kappa shape index (κ2) is 6.82. The molecule has 0 bridgehead atoms. The van der Waals surface area contributed by atoms with Gasteiger partial charge in [0.05, 0.1) is 17.3 Å². The zero-order chi connectivity index (χ0) is 14.5. The van der Waals surface area contributed by atoms with E-state index in [4.69, 9.17) is 10.8 Å². The average Bonchev–Trinajstić information content (AvgIpc) is 2.48. The number of para-hydroxylation sites is 1. The Morgan fingerprint density at radius 2 is 1.90 bits per heavy atom. The summed E-state index contributed by atoms with van der Waals surface area (Å²) in [6.45, 7) is 6.61. The Hall–Kier alpha value is -1.45. The Labute approximate surface area is 121 Å². The van der Waals surface area contributed by atoms with Gasteiger partial charge in [-0.1, -0.05) is 44.9 Å². The third-order valence-electron chi connectivity index (χ3n) is 4.22. The van der Waals surface area contributed by atoms with Crippen LogP contribution < -0.4 is 11.3 Å². The largest absolute Gasteiger partial charge is 0.271 e. The standard InChI is InChI=1S/C17H25N3/c1-4-13(5-2)11-17(20-18)16-10-12(3)14-8-6-7-9-15(14)19-16/h6-10,13,17,20H,4-5,11,18H2,1-3H3. The van der Waals surface area contributed by atoms with E-state index in [-0.39, 0.29) is 6.04 Å². The molecule has 0 radical (unpaired) electrons. The lowest BCUT2D eigenvalue weighted by atomic mass is 9.92. The van der Waals surface area contributed by atoms with Gasteiger partial charge in [-0.15, -0.1) is 0 Å². The fraction of sp³-hybridized carbons (Fsp3) is 0.471. The summed E-state index contributed by atoms with van der Waals surface area (Å²) in [4.78, 5) is 4.79. The molecule has 0 spiro atoms. The monoisotopic (exact) mass is 271 g/mol. The van der Waals surface area contributed by atoms with Crippen molar-refractivity contribution in [2.75, 3.05) is 0 Å². The first-order chi connectivity index (χ1) is 9.69. The number of benzene rings is 1. The van der Waals surface area contributed by atoms with Crippen LogP contribution in [0.25, 0.3) is 10.9 Å². The van der Waals surface area contributed by atoms with Crippen molar-refractivity contribution in [3.8, 4) is 0 Å². The van der Waals surface area contributed by atoms with Crippen molar-refractivity contribution in [2.24, 2.45) is 11.8 Å². The molecule has 3 heteroatoms. The van der Waals surface area contributed by atoms with Gasteiger partial charge in [-0.05, 0) is 37.0 Å². The van der Waals surface area contributed by atoms with Gasteiger partial charge in [0.2, 0.25) is 0 Å². The highest BCUT2D eigenvalue weighted by Crippen LogP contribution is 2.26. The molecule has 0 aliphatic carbocycles. The lowest BCUT2D eigenvalue weighted by Gasteiger charge is -2.21. The van der Waals surface area contributed by atoms with Crippen LogP contribution in [0.2, 0.25) is 0 Å². The van der Waals surface area contributed by atoms with E-state index in [0.717, 1.165) is 17.6 Å². The molecular weight excluding hydrogens is 246 g/mol. The van der Waals surface area contributed by atoms with Crippen molar-refractivity contribution in [3.63, 3.8) is 0 Å². The number of hydrazine groups is 1. The van der Waals surface area contributed by atoms with E-state index in [1.165, 1.54) is 23.8 Å². The number of hydrogen-bond donors (Lipinski definition) is 2. The van der Waals surface area contributed by atoms with Gasteiger partial charge in [-0.2, -0.15) is 0 Å². The molecule has 1 unspecified atom stereocenters. The van der Waals surface area contributed by atoms with Crippen molar-refractivity contribution in [2.45, 2.75) is 46.1 Å². The molecule has 1 heterocycles. The number of nitrogens with zero attached hydrogens (tertiary/aromatic N) is 1. The first-order valence-corrected chi connectivity index (χ1v) is 7.52. The summed E-state index contributed by atoms with van der Waals surface area (Å²) in [5, 5.41) is 1.22. The van der Waals surface area contributed by atoms with Crippen molar-refractivity contribution in [1.82, 2.24) is 10.4 Å². The van der Waals surface area contributed by atoms with Crippen LogP contribution in [0.1, 0.15) is 50.4 Å². The number of pyridine rings is 1. The van der Waals surface area contributed by atoms with Gasteiger partial charge in [-0.25, -0.2) is 0 Å². The predicted octanol–water partition coefficient (Wildman–Crippen LogP) is 3.87. The van der Waals surface area contributed by atoms with Crippen molar-refractivity contribution < 1.29 is 0 Å². The summed E-state index contributed by atoms with van der Waals surface area (Å²) >= 11 is 0. The first kappa shape index (κ1) is 14.9. The third-order valence-corrected chi connectivity index (χ3v) is 4.22. The van der Waals surface area contributed by atoms with Gasteiger partial charge in [0.1, 0.15) is 0 Å². The number of rotatable bonds is 6. The van der Waals surface area contributed by atoms with E-state index in [0.29, 0.717) is 5.92 Å². The van der Waals surface area contributed by atoms with E-state index in [1.807, 2.05) is 6.07 Å². The van der Waals surface area contributed by atoms with E-state index >= 15 is 0 Å². The van der Waals surface area contributed by atoms with Gasteiger partial charge in [0.25, 0.3) is 0 Å². The maximum Gasteiger partial charge on any atom is 0.0708 e. The SMILES string of the molecule is CCC(CC)CC(NN)c1cc(C)c2ccccc2n1. The second-order valence-corrected chi connectivity index (χ2v) is 5.52. The van der Waals surface area contributed by atoms with Gasteiger partial charge >= 0.3 is 0 Å².